The van der Waals surface area contributed by atoms with Crippen LogP contribution in [0.2, 0.25) is 0 Å². The molecule has 2 fully saturated rings. The maximum Gasteiger partial charge on any atom is 0.273 e. The number of carbonyl (C=O) groups excluding carboxylic acids is 2. The average Bonchev–Trinajstić information content (AvgIpc) is 3.23. The number of halogens is 2. The second-order valence-electron chi connectivity index (χ2n) is 9.03. The van der Waals surface area contributed by atoms with Crippen LogP contribution in [0.5, 0.6) is 0 Å². The molecule has 0 spiro atoms. The predicted molar refractivity (Wildman–Crippen MR) is 114 cm³/mol. The van der Waals surface area contributed by atoms with Gasteiger partial charge in [0.1, 0.15) is 11.6 Å². The fraction of sp³-hybridized carbons (Fsp3) is 0.522. The van der Waals surface area contributed by atoms with Crippen LogP contribution in [0.25, 0.3) is 11.3 Å². The molecule has 32 heavy (non-hydrogen) atoms. The Morgan fingerprint density at radius 1 is 1.19 bits per heavy atom. The van der Waals surface area contributed by atoms with E-state index in [2.05, 4.69) is 22.3 Å². The summed E-state index contributed by atoms with van der Waals surface area (Å²) in [5.74, 6) is -1.74. The van der Waals surface area contributed by atoms with Gasteiger partial charge in [-0.1, -0.05) is 12.1 Å². The molecular formula is C23H28F2N4O3. The molecule has 2 heterocycles. The Morgan fingerprint density at radius 2 is 1.97 bits per heavy atom. The van der Waals surface area contributed by atoms with Gasteiger partial charge in [-0.05, 0) is 37.3 Å². The van der Waals surface area contributed by atoms with E-state index in [0.29, 0.717) is 24.9 Å². The van der Waals surface area contributed by atoms with Crippen molar-refractivity contribution in [3.8, 4) is 11.3 Å². The second kappa shape index (κ2) is 8.97. The van der Waals surface area contributed by atoms with Crippen molar-refractivity contribution in [3.63, 3.8) is 0 Å². The summed E-state index contributed by atoms with van der Waals surface area (Å²) in [5, 5.41) is 6.68. The minimum atomic E-state index is -0.803. The fourth-order valence-corrected chi connectivity index (χ4v) is 4.67. The maximum absolute atomic E-state index is 14.0. The number of carbonyl (C=O) groups is 2. The zero-order valence-electron chi connectivity index (χ0n) is 18.5. The monoisotopic (exact) mass is 446 g/mol. The Balaban J connectivity index is 1.47. The normalized spacial score (nSPS) is 25.8. The molecule has 0 radical (unpaired) electrons. The number of rotatable bonds is 5. The van der Waals surface area contributed by atoms with Gasteiger partial charge in [0, 0.05) is 51.4 Å². The Hall–Kier alpha value is -2.81. The summed E-state index contributed by atoms with van der Waals surface area (Å²) in [6.45, 7) is 3.64. The first-order chi connectivity index (χ1) is 15.2. The van der Waals surface area contributed by atoms with Gasteiger partial charge in [0.25, 0.3) is 5.91 Å². The molecule has 4 rings (SSSR count). The maximum atomic E-state index is 14.0. The van der Waals surface area contributed by atoms with Gasteiger partial charge >= 0.3 is 0 Å². The minimum absolute atomic E-state index is 0.0153. The van der Waals surface area contributed by atoms with Crippen LogP contribution in [-0.4, -0.2) is 66.0 Å². The van der Waals surface area contributed by atoms with E-state index in [4.69, 9.17) is 4.52 Å². The van der Waals surface area contributed by atoms with Crippen molar-refractivity contribution < 1.29 is 22.9 Å². The first-order valence-corrected chi connectivity index (χ1v) is 10.9. The Morgan fingerprint density at radius 3 is 2.59 bits per heavy atom. The van der Waals surface area contributed by atoms with Crippen LogP contribution in [0.15, 0.2) is 28.8 Å². The minimum Gasteiger partial charge on any atom is -0.355 e. The van der Waals surface area contributed by atoms with Crippen molar-refractivity contribution in [2.75, 3.05) is 27.2 Å². The van der Waals surface area contributed by atoms with E-state index in [1.165, 1.54) is 18.6 Å². The van der Waals surface area contributed by atoms with E-state index >= 15 is 0 Å². The number of nitrogens with zero attached hydrogens (tertiary/aromatic N) is 3. The first kappa shape index (κ1) is 22.4. The summed E-state index contributed by atoms with van der Waals surface area (Å²) < 4.78 is 32.3. The molecule has 1 aromatic carbocycles. The van der Waals surface area contributed by atoms with E-state index in [1.807, 2.05) is 0 Å². The highest BCUT2D eigenvalue weighted by atomic mass is 19.1. The SMILES string of the molecule is C[C@@H]1CC[C@@H]1N1CC[C@H](NC(=O)c2cc(-c3ccc(F)cc3F)on2)[C@@H](C(=O)N(C)C)C1. The van der Waals surface area contributed by atoms with Crippen molar-refractivity contribution in [2.24, 2.45) is 11.8 Å². The third kappa shape index (κ3) is 4.39. The number of hydrogen-bond donors (Lipinski definition) is 1. The summed E-state index contributed by atoms with van der Waals surface area (Å²) in [6, 6.07) is 4.55. The molecule has 2 aliphatic rings. The number of piperidine rings is 1. The van der Waals surface area contributed by atoms with Crippen molar-refractivity contribution in [3.05, 3.63) is 41.6 Å². The molecule has 4 atom stereocenters. The molecule has 7 nitrogen and oxygen atoms in total. The van der Waals surface area contributed by atoms with Gasteiger partial charge < -0.3 is 14.7 Å². The molecule has 1 aliphatic carbocycles. The molecule has 2 aromatic rings. The molecule has 1 N–H and O–H groups in total. The quantitative estimate of drug-likeness (QED) is 0.764. The van der Waals surface area contributed by atoms with Gasteiger partial charge in [-0.3, -0.25) is 14.5 Å². The zero-order chi connectivity index (χ0) is 23.0. The van der Waals surface area contributed by atoms with Crippen molar-refractivity contribution in [2.45, 2.75) is 38.3 Å². The van der Waals surface area contributed by atoms with Gasteiger partial charge in [-0.25, -0.2) is 8.78 Å². The molecule has 1 aromatic heterocycles. The van der Waals surface area contributed by atoms with Crippen LogP contribution in [0.1, 0.15) is 36.7 Å². The van der Waals surface area contributed by atoms with Gasteiger partial charge in [0.05, 0.1) is 11.5 Å². The molecule has 172 valence electrons. The highest BCUT2D eigenvalue weighted by molar-refractivity contribution is 5.94. The number of likely N-dealkylation sites (tertiary alicyclic amines) is 1. The number of aromatic nitrogens is 1. The van der Waals surface area contributed by atoms with E-state index in [1.54, 1.807) is 19.0 Å². The summed E-state index contributed by atoms with van der Waals surface area (Å²) in [7, 11) is 3.43. The molecule has 9 heteroatoms. The van der Waals surface area contributed by atoms with Gasteiger partial charge in [-0.15, -0.1) is 0 Å². The molecule has 2 amide bonds. The lowest BCUT2D eigenvalue weighted by Gasteiger charge is -2.48. The van der Waals surface area contributed by atoms with Crippen molar-refractivity contribution in [1.29, 1.82) is 0 Å². The fourth-order valence-electron chi connectivity index (χ4n) is 4.67. The van der Waals surface area contributed by atoms with Crippen LogP contribution >= 0.6 is 0 Å². The van der Waals surface area contributed by atoms with Gasteiger partial charge in [0.2, 0.25) is 5.91 Å². The summed E-state index contributed by atoms with van der Waals surface area (Å²) in [6.07, 6.45) is 3.00. The zero-order valence-corrected chi connectivity index (χ0v) is 18.5. The topological polar surface area (TPSA) is 78.7 Å². The third-order valence-electron chi connectivity index (χ3n) is 6.70. The first-order valence-electron chi connectivity index (χ1n) is 10.9. The average molecular weight is 446 g/mol. The van der Waals surface area contributed by atoms with Crippen LogP contribution in [0.4, 0.5) is 8.78 Å². The Labute approximate surface area is 185 Å². The summed E-state index contributed by atoms with van der Waals surface area (Å²) >= 11 is 0. The van der Waals surface area contributed by atoms with E-state index < -0.39 is 17.5 Å². The summed E-state index contributed by atoms with van der Waals surface area (Å²) in [5.41, 5.74) is -0.00337. The smallest absolute Gasteiger partial charge is 0.273 e. The molecule has 1 aliphatic heterocycles. The molecule has 0 unspecified atom stereocenters. The largest absolute Gasteiger partial charge is 0.355 e. The standard InChI is InChI=1S/C23H28F2N4O3/c1-13-4-7-20(13)29-9-8-18(16(12-29)23(31)28(2)3)26-22(30)19-11-21(32-27-19)15-6-5-14(24)10-17(15)25/h5-6,10-11,13,16,18,20H,4,7-9,12H2,1-3H3,(H,26,30)/t13-,16+,18+,20+/m1/s1. The highest BCUT2D eigenvalue weighted by Crippen LogP contribution is 2.34. The molecule has 1 saturated heterocycles. The lowest BCUT2D eigenvalue weighted by atomic mass is 9.78. The number of benzene rings is 1. The van der Waals surface area contributed by atoms with E-state index in [9.17, 15) is 18.4 Å². The Kier molecular flexibility index (Phi) is 6.28. The number of hydrogen-bond acceptors (Lipinski definition) is 5. The van der Waals surface area contributed by atoms with Crippen molar-refractivity contribution in [1.82, 2.24) is 20.3 Å². The second-order valence-corrected chi connectivity index (χ2v) is 9.03. The Bertz CT molecular complexity index is 1010. The van der Waals surface area contributed by atoms with Crippen LogP contribution in [0.3, 0.4) is 0 Å². The van der Waals surface area contributed by atoms with Crippen LogP contribution in [0, 0.1) is 23.5 Å². The number of nitrogens with one attached hydrogen (secondary N) is 1. The van der Waals surface area contributed by atoms with Gasteiger partial charge in [0.15, 0.2) is 11.5 Å². The molecular weight excluding hydrogens is 418 g/mol. The highest BCUT2D eigenvalue weighted by Gasteiger charge is 2.41. The third-order valence-corrected chi connectivity index (χ3v) is 6.70. The van der Waals surface area contributed by atoms with E-state index in [0.717, 1.165) is 25.1 Å². The van der Waals surface area contributed by atoms with Crippen LogP contribution in [-0.2, 0) is 4.79 Å². The number of amides is 2. The molecule has 0 bridgehead atoms. The predicted octanol–water partition coefficient (Wildman–Crippen LogP) is 2.93. The lowest BCUT2D eigenvalue weighted by Crippen LogP contribution is -2.59. The van der Waals surface area contributed by atoms with Crippen molar-refractivity contribution >= 4 is 11.8 Å². The molecule has 1 saturated carbocycles. The van der Waals surface area contributed by atoms with E-state index in [-0.39, 0.29) is 34.9 Å². The summed E-state index contributed by atoms with van der Waals surface area (Å²) in [4.78, 5) is 29.6. The van der Waals surface area contributed by atoms with Crippen LogP contribution < -0.4 is 5.32 Å². The van der Waals surface area contributed by atoms with Gasteiger partial charge in [-0.2, -0.15) is 0 Å². The lowest BCUT2D eigenvalue weighted by molar-refractivity contribution is -0.136.